The Labute approximate surface area is 122 Å². The number of rotatable bonds is 6. The summed E-state index contributed by atoms with van der Waals surface area (Å²) in [5.74, 6) is 5.73. The summed E-state index contributed by atoms with van der Waals surface area (Å²) in [6.07, 6.45) is 3.23. The van der Waals surface area contributed by atoms with Crippen LogP contribution >= 0.6 is 0 Å². The zero-order valence-electron chi connectivity index (χ0n) is 12.4. The molecule has 0 saturated carbocycles. The van der Waals surface area contributed by atoms with Crippen LogP contribution in [0.2, 0.25) is 0 Å². The lowest BCUT2D eigenvalue weighted by Crippen LogP contribution is -2.29. The van der Waals surface area contributed by atoms with Crippen LogP contribution in [0.5, 0.6) is 0 Å². The van der Waals surface area contributed by atoms with Gasteiger partial charge in [-0.15, -0.1) is 0 Å². The lowest BCUT2D eigenvalue weighted by molar-refractivity contribution is 0.552. The molecule has 20 heavy (non-hydrogen) atoms. The van der Waals surface area contributed by atoms with E-state index in [0.29, 0.717) is 0 Å². The summed E-state index contributed by atoms with van der Waals surface area (Å²) >= 11 is 0. The second kappa shape index (κ2) is 7.22. The average molecular weight is 268 g/mol. The largest absolute Gasteiger partial charge is 0.271 e. The fourth-order valence-corrected chi connectivity index (χ4v) is 2.44. The zero-order valence-corrected chi connectivity index (χ0v) is 12.4. The van der Waals surface area contributed by atoms with Crippen molar-refractivity contribution in [2.24, 2.45) is 5.84 Å². The second-order valence-electron chi connectivity index (χ2n) is 5.40. The molecule has 0 fully saturated rings. The van der Waals surface area contributed by atoms with Crippen LogP contribution < -0.4 is 11.3 Å². The molecular formula is C18H24N2. The van der Waals surface area contributed by atoms with Gasteiger partial charge in [-0.1, -0.05) is 67.4 Å². The highest BCUT2D eigenvalue weighted by atomic mass is 15.2. The number of nitrogens with one attached hydrogen (secondary N) is 1. The first kappa shape index (κ1) is 14.8. The molecule has 0 aromatic heterocycles. The van der Waals surface area contributed by atoms with Crippen LogP contribution in [0.1, 0.15) is 41.6 Å². The molecule has 0 amide bonds. The summed E-state index contributed by atoms with van der Waals surface area (Å²) in [7, 11) is 0. The minimum atomic E-state index is 0.161. The van der Waals surface area contributed by atoms with Crippen LogP contribution in [-0.2, 0) is 12.8 Å². The molecule has 1 unspecified atom stereocenters. The zero-order chi connectivity index (χ0) is 14.4. The van der Waals surface area contributed by atoms with E-state index in [-0.39, 0.29) is 6.04 Å². The Hall–Kier alpha value is -1.64. The SMILES string of the molecule is CCCc1ccc(C(Cc2ccc(C)cc2)NN)cc1. The van der Waals surface area contributed by atoms with Gasteiger partial charge in [-0.2, -0.15) is 0 Å². The fraction of sp³-hybridized carbons (Fsp3) is 0.333. The van der Waals surface area contributed by atoms with Gasteiger partial charge in [0.25, 0.3) is 0 Å². The molecule has 0 spiro atoms. The predicted octanol–water partition coefficient (Wildman–Crippen LogP) is 3.69. The number of benzene rings is 2. The van der Waals surface area contributed by atoms with Gasteiger partial charge in [-0.3, -0.25) is 11.3 Å². The molecule has 3 N–H and O–H groups in total. The first-order valence-electron chi connectivity index (χ1n) is 7.33. The predicted molar refractivity (Wildman–Crippen MR) is 85.4 cm³/mol. The van der Waals surface area contributed by atoms with E-state index in [1.54, 1.807) is 0 Å². The van der Waals surface area contributed by atoms with Crippen LogP contribution in [-0.4, -0.2) is 0 Å². The van der Waals surface area contributed by atoms with Crippen molar-refractivity contribution in [3.63, 3.8) is 0 Å². The van der Waals surface area contributed by atoms with E-state index in [0.717, 1.165) is 12.8 Å². The summed E-state index contributed by atoms with van der Waals surface area (Å²) in [5, 5.41) is 0. The molecule has 0 heterocycles. The van der Waals surface area contributed by atoms with E-state index in [2.05, 4.69) is 67.8 Å². The van der Waals surface area contributed by atoms with E-state index in [1.165, 1.54) is 28.7 Å². The molecule has 0 radical (unpaired) electrons. The molecule has 106 valence electrons. The van der Waals surface area contributed by atoms with E-state index in [4.69, 9.17) is 5.84 Å². The van der Waals surface area contributed by atoms with Crippen molar-refractivity contribution in [1.29, 1.82) is 0 Å². The first-order valence-corrected chi connectivity index (χ1v) is 7.33. The van der Waals surface area contributed by atoms with E-state index >= 15 is 0 Å². The lowest BCUT2D eigenvalue weighted by Gasteiger charge is -2.17. The molecule has 2 aromatic rings. The van der Waals surface area contributed by atoms with Gasteiger partial charge in [-0.05, 0) is 36.5 Å². The lowest BCUT2D eigenvalue weighted by atomic mass is 9.97. The van der Waals surface area contributed by atoms with Gasteiger partial charge in [-0.25, -0.2) is 0 Å². The number of aryl methyl sites for hydroxylation is 2. The number of hydrogen-bond donors (Lipinski definition) is 2. The molecule has 2 rings (SSSR count). The highest BCUT2D eigenvalue weighted by molar-refractivity contribution is 5.28. The molecule has 2 heteroatoms. The molecular weight excluding hydrogens is 244 g/mol. The Bertz CT molecular complexity index is 514. The van der Waals surface area contributed by atoms with Crippen molar-refractivity contribution < 1.29 is 0 Å². The van der Waals surface area contributed by atoms with Gasteiger partial charge in [0.2, 0.25) is 0 Å². The van der Waals surface area contributed by atoms with Gasteiger partial charge >= 0.3 is 0 Å². The van der Waals surface area contributed by atoms with E-state index in [1.807, 2.05) is 0 Å². The standard InChI is InChI=1S/C18H24N2/c1-3-4-15-9-11-17(12-10-15)18(20-19)13-16-7-5-14(2)6-8-16/h5-12,18,20H,3-4,13,19H2,1-2H3. The molecule has 2 nitrogen and oxygen atoms in total. The summed E-state index contributed by atoms with van der Waals surface area (Å²) in [6.45, 7) is 4.31. The van der Waals surface area contributed by atoms with Gasteiger partial charge < -0.3 is 0 Å². The molecule has 2 aromatic carbocycles. The van der Waals surface area contributed by atoms with Crippen molar-refractivity contribution in [3.05, 3.63) is 70.8 Å². The van der Waals surface area contributed by atoms with Crippen LogP contribution in [0.15, 0.2) is 48.5 Å². The van der Waals surface area contributed by atoms with Gasteiger partial charge in [0.1, 0.15) is 0 Å². The quantitative estimate of drug-likeness (QED) is 0.619. The Morgan fingerprint density at radius 2 is 1.55 bits per heavy atom. The van der Waals surface area contributed by atoms with Crippen molar-refractivity contribution in [3.8, 4) is 0 Å². The third kappa shape index (κ3) is 3.92. The first-order chi connectivity index (χ1) is 9.72. The normalized spacial score (nSPS) is 12.3. The summed E-state index contributed by atoms with van der Waals surface area (Å²) in [4.78, 5) is 0. The Morgan fingerprint density at radius 1 is 0.950 bits per heavy atom. The van der Waals surface area contributed by atoms with Crippen molar-refractivity contribution in [2.75, 3.05) is 0 Å². The minimum Gasteiger partial charge on any atom is -0.271 e. The summed E-state index contributed by atoms with van der Waals surface area (Å²) < 4.78 is 0. The highest BCUT2D eigenvalue weighted by Gasteiger charge is 2.10. The fourth-order valence-electron chi connectivity index (χ4n) is 2.44. The molecule has 0 bridgehead atoms. The van der Waals surface area contributed by atoms with Crippen LogP contribution in [0.25, 0.3) is 0 Å². The van der Waals surface area contributed by atoms with Crippen molar-refractivity contribution in [1.82, 2.24) is 5.43 Å². The summed E-state index contributed by atoms with van der Waals surface area (Å²) in [6, 6.07) is 17.6. The molecule has 0 aliphatic carbocycles. The third-order valence-electron chi connectivity index (χ3n) is 3.68. The minimum absolute atomic E-state index is 0.161. The van der Waals surface area contributed by atoms with E-state index in [9.17, 15) is 0 Å². The van der Waals surface area contributed by atoms with Crippen LogP contribution in [0.3, 0.4) is 0 Å². The molecule has 0 saturated heterocycles. The number of nitrogens with two attached hydrogens (primary N) is 1. The second-order valence-corrected chi connectivity index (χ2v) is 5.40. The maximum absolute atomic E-state index is 5.73. The topological polar surface area (TPSA) is 38.0 Å². The maximum Gasteiger partial charge on any atom is 0.0500 e. The van der Waals surface area contributed by atoms with E-state index < -0.39 is 0 Å². The monoisotopic (exact) mass is 268 g/mol. The molecule has 1 atom stereocenters. The van der Waals surface area contributed by atoms with Crippen molar-refractivity contribution >= 4 is 0 Å². The number of hydrogen-bond acceptors (Lipinski definition) is 2. The molecule has 0 aliphatic rings. The smallest absolute Gasteiger partial charge is 0.0500 e. The Balaban J connectivity index is 2.09. The van der Waals surface area contributed by atoms with Crippen LogP contribution in [0, 0.1) is 6.92 Å². The average Bonchev–Trinajstić information content (AvgIpc) is 2.48. The van der Waals surface area contributed by atoms with Crippen LogP contribution in [0.4, 0.5) is 0 Å². The Morgan fingerprint density at radius 3 is 2.10 bits per heavy atom. The summed E-state index contributed by atoms with van der Waals surface area (Å²) in [5.41, 5.74) is 8.16. The van der Waals surface area contributed by atoms with Gasteiger partial charge in [0.15, 0.2) is 0 Å². The maximum atomic E-state index is 5.73. The highest BCUT2D eigenvalue weighted by Crippen LogP contribution is 2.19. The third-order valence-corrected chi connectivity index (χ3v) is 3.68. The number of hydrazine groups is 1. The van der Waals surface area contributed by atoms with Gasteiger partial charge in [0.05, 0.1) is 0 Å². The Kier molecular flexibility index (Phi) is 5.33. The van der Waals surface area contributed by atoms with Crippen molar-refractivity contribution in [2.45, 2.75) is 39.2 Å². The van der Waals surface area contributed by atoms with Gasteiger partial charge in [0, 0.05) is 6.04 Å². The molecule has 0 aliphatic heterocycles.